The second-order valence-electron chi connectivity index (χ2n) is 5.28. The number of halogens is 1. The van der Waals surface area contributed by atoms with Crippen LogP contribution in [0.3, 0.4) is 0 Å². The van der Waals surface area contributed by atoms with Gasteiger partial charge in [-0.05, 0) is 37.5 Å². The Labute approximate surface area is 134 Å². The van der Waals surface area contributed by atoms with Crippen molar-refractivity contribution in [1.82, 2.24) is 14.9 Å². The lowest BCUT2D eigenvalue weighted by Crippen LogP contribution is -2.36. The summed E-state index contributed by atoms with van der Waals surface area (Å²) in [6.45, 7) is 1.62. The minimum absolute atomic E-state index is 0.0403. The highest BCUT2D eigenvalue weighted by atomic mass is 35.5. The Balaban J connectivity index is 1.68. The van der Waals surface area contributed by atoms with Crippen LogP contribution in [0, 0.1) is 0 Å². The second kappa shape index (κ2) is 6.75. The molecule has 1 aliphatic heterocycles. The number of hydrogen-bond donors (Lipinski definition) is 1. The molecular weight excluding hydrogens is 300 g/mol. The van der Waals surface area contributed by atoms with Crippen LogP contribution in [0.5, 0.6) is 0 Å². The predicted molar refractivity (Wildman–Crippen MR) is 86.5 cm³/mol. The third-order valence-corrected chi connectivity index (χ3v) is 3.85. The van der Waals surface area contributed by atoms with Crippen molar-refractivity contribution >= 4 is 29.0 Å². The molecule has 0 bridgehead atoms. The van der Waals surface area contributed by atoms with E-state index in [0.717, 1.165) is 31.6 Å². The number of rotatable bonds is 3. The summed E-state index contributed by atoms with van der Waals surface area (Å²) in [4.78, 5) is 22.6. The van der Waals surface area contributed by atoms with E-state index in [4.69, 9.17) is 11.6 Å². The van der Waals surface area contributed by atoms with Crippen LogP contribution in [0.25, 0.3) is 0 Å². The number of nitrogens with one attached hydrogen (secondary N) is 1. The molecule has 0 spiro atoms. The number of anilines is 2. The van der Waals surface area contributed by atoms with Crippen molar-refractivity contribution in [2.45, 2.75) is 19.3 Å². The van der Waals surface area contributed by atoms with Crippen LogP contribution >= 0.6 is 11.6 Å². The number of hydrogen-bond acceptors (Lipinski definition) is 4. The molecule has 1 aromatic heterocycles. The predicted octanol–water partition coefficient (Wildman–Crippen LogP) is 3.50. The number of aromatic nitrogens is 2. The maximum Gasteiger partial charge on any atom is 0.274 e. The Morgan fingerprint density at radius 2 is 1.95 bits per heavy atom. The molecule has 5 nitrogen and oxygen atoms in total. The standard InChI is InChI=1S/C16H17ClN4O/c17-12-5-4-6-13(9-12)20-15-11-18-14(10-19-15)16(22)21-7-2-1-3-8-21/h4-6,9-11H,1-3,7-8H2,(H,19,20). The van der Waals surface area contributed by atoms with Gasteiger partial charge in [0.1, 0.15) is 11.5 Å². The van der Waals surface area contributed by atoms with Crippen LogP contribution < -0.4 is 5.32 Å². The van der Waals surface area contributed by atoms with Crippen LogP contribution in [0.2, 0.25) is 5.02 Å². The Kier molecular flexibility index (Phi) is 4.53. The monoisotopic (exact) mass is 316 g/mol. The molecule has 6 heteroatoms. The first-order valence-electron chi connectivity index (χ1n) is 7.36. The van der Waals surface area contributed by atoms with Gasteiger partial charge in [-0.1, -0.05) is 17.7 Å². The van der Waals surface area contributed by atoms with Gasteiger partial charge in [-0.15, -0.1) is 0 Å². The lowest BCUT2D eigenvalue weighted by Gasteiger charge is -2.26. The number of carbonyl (C=O) groups is 1. The smallest absolute Gasteiger partial charge is 0.274 e. The third kappa shape index (κ3) is 3.54. The first kappa shape index (κ1) is 14.8. The van der Waals surface area contributed by atoms with Crippen LogP contribution in [0.4, 0.5) is 11.5 Å². The minimum atomic E-state index is -0.0403. The first-order chi connectivity index (χ1) is 10.7. The number of nitrogens with zero attached hydrogens (tertiary/aromatic N) is 3. The summed E-state index contributed by atoms with van der Waals surface area (Å²) in [5, 5.41) is 3.76. The molecule has 0 unspecified atom stereocenters. The van der Waals surface area contributed by atoms with E-state index in [1.165, 1.54) is 12.6 Å². The van der Waals surface area contributed by atoms with Gasteiger partial charge in [0.2, 0.25) is 0 Å². The summed E-state index contributed by atoms with van der Waals surface area (Å²) in [6.07, 6.45) is 6.40. The molecule has 1 aliphatic rings. The molecule has 0 atom stereocenters. The molecule has 0 aliphatic carbocycles. The van der Waals surface area contributed by atoms with Crippen LogP contribution in [0.1, 0.15) is 29.8 Å². The zero-order valence-electron chi connectivity index (χ0n) is 12.1. The van der Waals surface area contributed by atoms with Gasteiger partial charge >= 0.3 is 0 Å². The highest BCUT2D eigenvalue weighted by Gasteiger charge is 2.19. The lowest BCUT2D eigenvalue weighted by atomic mass is 10.1. The quantitative estimate of drug-likeness (QED) is 0.941. The zero-order chi connectivity index (χ0) is 15.4. The molecule has 3 rings (SSSR count). The fraction of sp³-hybridized carbons (Fsp3) is 0.312. The second-order valence-corrected chi connectivity index (χ2v) is 5.71. The highest BCUT2D eigenvalue weighted by Crippen LogP contribution is 2.18. The van der Waals surface area contributed by atoms with Gasteiger partial charge < -0.3 is 10.2 Å². The Bertz CT molecular complexity index is 653. The normalized spacial score (nSPS) is 14.7. The summed E-state index contributed by atoms with van der Waals surface area (Å²) < 4.78 is 0. The summed E-state index contributed by atoms with van der Waals surface area (Å²) >= 11 is 5.94. The van der Waals surface area contributed by atoms with E-state index in [2.05, 4.69) is 15.3 Å². The van der Waals surface area contributed by atoms with E-state index in [0.29, 0.717) is 16.5 Å². The Morgan fingerprint density at radius 3 is 2.64 bits per heavy atom. The van der Waals surface area contributed by atoms with Crippen molar-refractivity contribution < 1.29 is 4.79 Å². The van der Waals surface area contributed by atoms with E-state index in [-0.39, 0.29) is 5.91 Å². The molecular formula is C16H17ClN4O. The van der Waals surface area contributed by atoms with Gasteiger partial charge in [-0.3, -0.25) is 4.79 Å². The number of piperidine rings is 1. The maximum absolute atomic E-state index is 12.3. The number of likely N-dealkylation sites (tertiary alicyclic amines) is 1. The van der Waals surface area contributed by atoms with Crippen molar-refractivity contribution in [3.8, 4) is 0 Å². The molecule has 0 radical (unpaired) electrons. The van der Waals surface area contributed by atoms with Crippen molar-refractivity contribution in [2.24, 2.45) is 0 Å². The van der Waals surface area contributed by atoms with Crippen molar-refractivity contribution in [3.63, 3.8) is 0 Å². The molecule has 1 N–H and O–H groups in total. The number of carbonyl (C=O) groups excluding carboxylic acids is 1. The maximum atomic E-state index is 12.3. The zero-order valence-corrected chi connectivity index (χ0v) is 12.9. The van der Waals surface area contributed by atoms with Gasteiger partial charge in [0.05, 0.1) is 12.4 Å². The molecule has 22 heavy (non-hydrogen) atoms. The van der Waals surface area contributed by atoms with Crippen molar-refractivity contribution in [3.05, 3.63) is 47.4 Å². The Morgan fingerprint density at radius 1 is 1.14 bits per heavy atom. The minimum Gasteiger partial charge on any atom is -0.339 e. The highest BCUT2D eigenvalue weighted by molar-refractivity contribution is 6.30. The van der Waals surface area contributed by atoms with Gasteiger partial charge in [0.25, 0.3) is 5.91 Å². The Hall–Kier alpha value is -2.14. The molecule has 114 valence electrons. The fourth-order valence-electron chi connectivity index (χ4n) is 2.48. The first-order valence-corrected chi connectivity index (χ1v) is 7.74. The molecule has 0 saturated carbocycles. The summed E-state index contributed by atoms with van der Waals surface area (Å²) in [5.41, 5.74) is 1.22. The van der Waals surface area contributed by atoms with Crippen LogP contribution in [0.15, 0.2) is 36.7 Å². The van der Waals surface area contributed by atoms with Gasteiger partial charge in [-0.25, -0.2) is 9.97 Å². The number of amides is 1. The van der Waals surface area contributed by atoms with E-state index >= 15 is 0 Å². The van der Waals surface area contributed by atoms with E-state index in [1.807, 2.05) is 17.0 Å². The van der Waals surface area contributed by atoms with Crippen LogP contribution in [-0.2, 0) is 0 Å². The summed E-state index contributed by atoms with van der Waals surface area (Å²) in [6, 6.07) is 7.35. The van der Waals surface area contributed by atoms with Gasteiger partial charge in [0.15, 0.2) is 0 Å². The van der Waals surface area contributed by atoms with Gasteiger partial charge in [-0.2, -0.15) is 0 Å². The van der Waals surface area contributed by atoms with E-state index in [9.17, 15) is 4.79 Å². The molecule has 1 saturated heterocycles. The number of benzene rings is 1. The summed E-state index contributed by atoms with van der Waals surface area (Å²) in [5.74, 6) is 0.541. The van der Waals surface area contributed by atoms with Gasteiger partial charge in [0, 0.05) is 23.8 Å². The van der Waals surface area contributed by atoms with E-state index < -0.39 is 0 Å². The van der Waals surface area contributed by atoms with Crippen LogP contribution in [-0.4, -0.2) is 33.9 Å². The van der Waals surface area contributed by atoms with Crippen molar-refractivity contribution in [2.75, 3.05) is 18.4 Å². The fourth-order valence-corrected chi connectivity index (χ4v) is 2.67. The molecule has 2 heterocycles. The SMILES string of the molecule is O=C(c1cnc(Nc2cccc(Cl)c2)cn1)N1CCCCC1. The molecule has 2 aromatic rings. The van der Waals surface area contributed by atoms with E-state index in [1.54, 1.807) is 18.3 Å². The summed E-state index contributed by atoms with van der Waals surface area (Å²) in [7, 11) is 0. The topological polar surface area (TPSA) is 58.1 Å². The van der Waals surface area contributed by atoms with Crippen molar-refractivity contribution in [1.29, 1.82) is 0 Å². The molecule has 1 aromatic carbocycles. The molecule has 1 amide bonds. The molecule has 1 fully saturated rings. The lowest BCUT2D eigenvalue weighted by molar-refractivity contribution is 0.0718. The average molecular weight is 317 g/mol. The largest absolute Gasteiger partial charge is 0.339 e. The average Bonchev–Trinajstić information content (AvgIpc) is 2.56. The third-order valence-electron chi connectivity index (χ3n) is 3.61.